The second-order valence-corrected chi connectivity index (χ2v) is 11.1. The smallest absolute Gasteiger partial charge is 0.338 e. The van der Waals surface area contributed by atoms with Gasteiger partial charge in [-0.15, -0.1) is 0 Å². The summed E-state index contributed by atoms with van der Waals surface area (Å²) in [5, 5.41) is 0. The van der Waals surface area contributed by atoms with Gasteiger partial charge in [-0.2, -0.15) is 0 Å². The SMILES string of the molecule is CCCCOC(=O)CN1C(C)(C)CC(N2C(=O)c3ccc(C(=O)OCCCC)cc3C2=O)CC1(C)C. The van der Waals surface area contributed by atoms with Crippen LogP contribution in [-0.2, 0) is 14.3 Å². The Kier molecular flexibility index (Phi) is 8.59. The predicted octanol–water partition coefficient (Wildman–Crippen LogP) is 4.60. The Morgan fingerprint density at radius 1 is 0.889 bits per heavy atom. The van der Waals surface area contributed by atoms with E-state index in [2.05, 4.69) is 4.90 Å². The molecule has 0 N–H and O–H groups in total. The number of benzene rings is 1. The van der Waals surface area contributed by atoms with Gasteiger partial charge in [-0.25, -0.2) is 4.79 Å². The molecule has 1 aromatic rings. The summed E-state index contributed by atoms with van der Waals surface area (Å²) in [4.78, 5) is 55.1. The van der Waals surface area contributed by atoms with E-state index in [0.29, 0.717) is 31.6 Å². The van der Waals surface area contributed by atoms with Gasteiger partial charge in [0, 0.05) is 17.1 Å². The maximum atomic E-state index is 13.4. The molecular weight excluding hydrogens is 460 g/mol. The molecule has 0 spiro atoms. The van der Waals surface area contributed by atoms with E-state index in [0.717, 1.165) is 25.7 Å². The molecule has 3 rings (SSSR count). The van der Waals surface area contributed by atoms with Crippen LogP contribution in [0, 0.1) is 0 Å². The Morgan fingerprint density at radius 3 is 2.03 bits per heavy atom. The zero-order valence-electron chi connectivity index (χ0n) is 22.5. The number of ether oxygens (including phenoxy) is 2. The molecule has 1 saturated heterocycles. The highest BCUT2D eigenvalue weighted by Crippen LogP contribution is 2.42. The Morgan fingerprint density at radius 2 is 1.44 bits per heavy atom. The molecule has 1 fully saturated rings. The van der Waals surface area contributed by atoms with Gasteiger partial charge in [-0.05, 0) is 71.6 Å². The third-order valence-corrected chi connectivity index (χ3v) is 7.23. The standard InChI is InChI=1S/C28H40N2O6/c1-7-9-13-35-23(31)18-29-27(3,4)16-20(17-28(29,5)6)30-24(32)21-12-11-19(15-22(21)25(30)33)26(34)36-14-10-8-2/h11-12,15,20H,7-10,13-14,16-18H2,1-6H3. The molecule has 0 bridgehead atoms. The first-order valence-electron chi connectivity index (χ1n) is 13.1. The molecule has 36 heavy (non-hydrogen) atoms. The van der Waals surface area contributed by atoms with E-state index in [1.54, 1.807) is 12.1 Å². The van der Waals surface area contributed by atoms with Gasteiger partial charge < -0.3 is 9.47 Å². The summed E-state index contributed by atoms with van der Waals surface area (Å²) in [6, 6.07) is 4.22. The van der Waals surface area contributed by atoms with Crippen LogP contribution in [0.15, 0.2) is 18.2 Å². The highest BCUT2D eigenvalue weighted by molar-refractivity contribution is 6.22. The zero-order chi connectivity index (χ0) is 26.7. The topological polar surface area (TPSA) is 93.2 Å². The summed E-state index contributed by atoms with van der Waals surface area (Å²) in [6.07, 6.45) is 4.51. The Bertz CT molecular complexity index is 997. The van der Waals surface area contributed by atoms with Gasteiger partial charge in [0.1, 0.15) is 0 Å². The van der Waals surface area contributed by atoms with E-state index in [9.17, 15) is 19.2 Å². The zero-order valence-corrected chi connectivity index (χ0v) is 22.5. The number of fused-ring (bicyclic) bond motifs is 1. The third kappa shape index (κ3) is 5.80. The van der Waals surface area contributed by atoms with E-state index >= 15 is 0 Å². The van der Waals surface area contributed by atoms with Crippen LogP contribution in [0.4, 0.5) is 0 Å². The van der Waals surface area contributed by atoms with Crippen molar-refractivity contribution in [3.05, 3.63) is 34.9 Å². The summed E-state index contributed by atoms with van der Waals surface area (Å²) >= 11 is 0. The molecular formula is C28H40N2O6. The first-order chi connectivity index (χ1) is 16.9. The van der Waals surface area contributed by atoms with Gasteiger partial charge in [0.2, 0.25) is 0 Å². The van der Waals surface area contributed by atoms with E-state index < -0.39 is 17.0 Å². The number of esters is 2. The molecule has 1 aromatic carbocycles. The number of rotatable bonds is 10. The van der Waals surface area contributed by atoms with Crippen molar-refractivity contribution in [2.45, 2.75) is 97.2 Å². The fraction of sp³-hybridized carbons (Fsp3) is 0.643. The normalized spacial score (nSPS) is 19.3. The quantitative estimate of drug-likeness (QED) is 0.263. The largest absolute Gasteiger partial charge is 0.465 e. The second kappa shape index (κ2) is 11.1. The third-order valence-electron chi connectivity index (χ3n) is 7.23. The summed E-state index contributed by atoms with van der Waals surface area (Å²) in [6.45, 7) is 13.1. The molecule has 8 nitrogen and oxygen atoms in total. The fourth-order valence-electron chi connectivity index (χ4n) is 5.49. The van der Waals surface area contributed by atoms with Gasteiger partial charge in [-0.1, -0.05) is 26.7 Å². The van der Waals surface area contributed by atoms with Crippen molar-refractivity contribution in [3.63, 3.8) is 0 Å². The number of likely N-dealkylation sites (tertiary alicyclic amines) is 1. The van der Waals surface area contributed by atoms with Crippen molar-refractivity contribution in [1.82, 2.24) is 9.80 Å². The maximum absolute atomic E-state index is 13.4. The van der Waals surface area contributed by atoms with Crippen molar-refractivity contribution in [2.75, 3.05) is 19.8 Å². The lowest BCUT2D eigenvalue weighted by Crippen LogP contribution is -2.65. The molecule has 0 aromatic heterocycles. The number of hydrogen-bond acceptors (Lipinski definition) is 7. The highest BCUT2D eigenvalue weighted by Gasteiger charge is 2.51. The molecule has 198 valence electrons. The Labute approximate surface area is 214 Å². The minimum absolute atomic E-state index is 0.155. The van der Waals surface area contributed by atoms with Gasteiger partial charge in [0.15, 0.2) is 0 Å². The van der Waals surface area contributed by atoms with Crippen LogP contribution in [0.2, 0.25) is 0 Å². The van der Waals surface area contributed by atoms with Crippen LogP contribution in [-0.4, -0.2) is 70.4 Å². The van der Waals surface area contributed by atoms with E-state index in [-0.39, 0.29) is 41.5 Å². The van der Waals surface area contributed by atoms with Gasteiger partial charge in [0.05, 0.1) is 36.4 Å². The van der Waals surface area contributed by atoms with Gasteiger partial charge in [-0.3, -0.25) is 24.2 Å². The number of carbonyl (C=O) groups is 4. The van der Waals surface area contributed by atoms with Gasteiger partial charge in [0.25, 0.3) is 11.8 Å². The lowest BCUT2D eigenvalue weighted by atomic mass is 9.76. The number of nitrogens with zero attached hydrogens (tertiary/aromatic N) is 2. The number of unbranched alkanes of at least 4 members (excludes halogenated alkanes) is 2. The summed E-state index contributed by atoms with van der Waals surface area (Å²) in [5.74, 6) is -1.49. The molecule has 0 saturated carbocycles. The highest BCUT2D eigenvalue weighted by atomic mass is 16.5. The fourth-order valence-corrected chi connectivity index (χ4v) is 5.49. The van der Waals surface area contributed by atoms with Crippen LogP contribution >= 0.6 is 0 Å². The minimum Gasteiger partial charge on any atom is -0.465 e. The number of imide groups is 1. The number of carbonyl (C=O) groups excluding carboxylic acids is 4. The van der Waals surface area contributed by atoms with Crippen molar-refractivity contribution in [3.8, 4) is 0 Å². The molecule has 2 aliphatic rings. The van der Waals surface area contributed by atoms with E-state index in [1.165, 1.54) is 11.0 Å². The average molecular weight is 501 g/mol. The van der Waals surface area contributed by atoms with Crippen molar-refractivity contribution < 1.29 is 28.7 Å². The van der Waals surface area contributed by atoms with Gasteiger partial charge >= 0.3 is 11.9 Å². The first kappa shape index (κ1) is 27.8. The van der Waals surface area contributed by atoms with Crippen LogP contribution in [0.1, 0.15) is 111 Å². The molecule has 2 heterocycles. The minimum atomic E-state index is -0.494. The van der Waals surface area contributed by atoms with Crippen LogP contribution in [0.3, 0.4) is 0 Å². The van der Waals surface area contributed by atoms with E-state index in [4.69, 9.17) is 9.47 Å². The van der Waals surface area contributed by atoms with Crippen molar-refractivity contribution in [2.24, 2.45) is 0 Å². The van der Waals surface area contributed by atoms with Crippen molar-refractivity contribution in [1.29, 1.82) is 0 Å². The molecule has 2 aliphatic heterocycles. The molecule has 8 heteroatoms. The monoisotopic (exact) mass is 500 g/mol. The van der Waals surface area contributed by atoms with Crippen LogP contribution < -0.4 is 0 Å². The number of amides is 2. The summed E-state index contributed by atoms with van der Waals surface area (Å²) in [5.41, 5.74) is -0.102. The molecule has 0 unspecified atom stereocenters. The van der Waals surface area contributed by atoms with Crippen LogP contribution in [0.5, 0.6) is 0 Å². The molecule has 0 aliphatic carbocycles. The van der Waals surface area contributed by atoms with Crippen molar-refractivity contribution >= 4 is 23.8 Å². The number of piperidine rings is 1. The Hall–Kier alpha value is -2.74. The lowest BCUT2D eigenvalue weighted by molar-refractivity contribution is -0.152. The molecule has 2 amide bonds. The summed E-state index contributed by atoms with van der Waals surface area (Å²) < 4.78 is 10.7. The lowest BCUT2D eigenvalue weighted by Gasteiger charge is -2.55. The van der Waals surface area contributed by atoms with Crippen LogP contribution in [0.25, 0.3) is 0 Å². The number of hydrogen-bond donors (Lipinski definition) is 0. The average Bonchev–Trinajstić information content (AvgIpc) is 3.05. The second-order valence-electron chi connectivity index (χ2n) is 11.1. The summed E-state index contributed by atoms with van der Waals surface area (Å²) in [7, 11) is 0. The predicted molar refractivity (Wildman–Crippen MR) is 136 cm³/mol. The molecule has 0 atom stereocenters. The first-order valence-corrected chi connectivity index (χ1v) is 13.1. The molecule has 0 radical (unpaired) electrons. The van der Waals surface area contributed by atoms with E-state index in [1.807, 2.05) is 41.5 Å². The maximum Gasteiger partial charge on any atom is 0.338 e. The Balaban J connectivity index is 1.77.